The molecule has 1 unspecified atom stereocenters. The van der Waals surface area contributed by atoms with E-state index >= 15 is 0 Å². The number of amides is 1. The maximum atomic E-state index is 12.1. The molecule has 2 N–H and O–H groups in total. The molecule has 1 aliphatic heterocycles. The minimum Gasteiger partial charge on any atom is -0.466 e. The van der Waals surface area contributed by atoms with Crippen LogP contribution in [0, 0.1) is 0 Å². The Morgan fingerprint density at radius 1 is 1.27 bits per heavy atom. The van der Waals surface area contributed by atoms with Crippen LogP contribution in [-0.2, 0) is 19.0 Å². The molecule has 2 rings (SSSR count). The highest BCUT2D eigenvalue weighted by Crippen LogP contribution is 2.42. The van der Waals surface area contributed by atoms with Crippen LogP contribution in [-0.4, -0.2) is 42.0 Å². The molecule has 1 aliphatic rings. The van der Waals surface area contributed by atoms with E-state index in [1.165, 1.54) is 0 Å². The fourth-order valence-electron chi connectivity index (χ4n) is 2.90. The van der Waals surface area contributed by atoms with E-state index in [1.54, 1.807) is 27.7 Å². The molecule has 0 saturated heterocycles. The van der Waals surface area contributed by atoms with Gasteiger partial charge in [0.05, 0.1) is 31.8 Å². The second-order valence-corrected chi connectivity index (χ2v) is 7.12. The zero-order chi connectivity index (χ0) is 19.3. The Bertz CT molecular complexity index is 639. The number of fused-ring (bicyclic) bond motifs is 1. The first kappa shape index (κ1) is 20.2. The fraction of sp³-hybridized carbons (Fsp3) is 0.579. The summed E-state index contributed by atoms with van der Waals surface area (Å²) in [5.41, 5.74) is 1.04. The zero-order valence-electron chi connectivity index (χ0n) is 15.7. The maximum absolute atomic E-state index is 12.1. The van der Waals surface area contributed by atoms with Gasteiger partial charge >= 0.3 is 12.1 Å². The van der Waals surface area contributed by atoms with Crippen molar-refractivity contribution in [2.45, 2.75) is 58.0 Å². The third-order valence-corrected chi connectivity index (χ3v) is 3.88. The van der Waals surface area contributed by atoms with Gasteiger partial charge in [-0.1, -0.05) is 24.3 Å². The first-order chi connectivity index (χ1) is 12.2. The number of esters is 1. The number of alkyl carbamates (subject to hydrolysis) is 1. The van der Waals surface area contributed by atoms with Crippen molar-refractivity contribution in [3.8, 4) is 0 Å². The van der Waals surface area contributed by atoms with Crippen molar-refractivity contribution in [3.05, 3.63) is 35.4 Å². The summed E-state index contributed by atoms with van der Waals surface area (Å²) in [6.07, 6.45) is -1.62. The van der Waals surface area contributed by atoms with Crippen LogP contribution < -0.4 is 5.32 Å². The highest BCUT2D eigenvalue weighted by molar-refractivity contribution is 5.71. The average molecular weight is 365 g/mol. The largest absolute Gasteiger partial charge is 0.466 e. The average Bonchev–Trinajstić information content (AvgIpc) is 2.90. The highest BCUT2D eigenvalue weighted by Gasteiger charge is 2.38. The number of aliphatic hydroxyl groups excluding tert-OH is 1. The summed E-state index contributed by atoms with van der Waals surface area (Å²) >= 11 is 0. The standard InChI is InChI=1S/C19H27NO6/c1-5-24-16(22)10-15-12-8-6-7-9-13(12)17(25-15)14(11-21)20-18(23)26-19(2,3)4/h6-9,14-15,17,21H,5,10-11H2,1-4H3,(H,20,23)/t14-,15+,17?/m0/s1. The molecule has 0 fully saturated rings. The Labute approximate surface area is 153 Å². The van der Waals surface area contributed by atoms with E-state index in [4.69, 9.17) is 14.2 Å². The van der Waals surface area contributed by atoms with E-state index in [0.717, 1.165) is 11.1 Å². The number of ether oxygens (including phenoxy) is 3. The predicted octanol–water partition coefficient (Wildman–Crippen LogP) is 2.64. The number of hydrogen-bond acceptors (Lipinski definition) is 6. The minimum absolute atomic E-state index is 0.0753. The van der Waals surface area contributed by atoms with Crippen LogP contribution in [0.4, 0.5) is 4.79 Å². The summed E-state index contributed by atoms with van der Waals surface area (Å²) in [5.74, 6) is -0.353. The van der Waals surface area contributed by atoms with Gasteiger partial charge in [-0.05, 0) is 38.8 Å². The van der Waals surface area contributed by atoms with Crippen LogP contribution in [0.2, 0.25) is 0 Å². The Morgan fingerprint density at radius 3 is 2.50 bits per heavy atom. The van der Waals surface area contributed by atoms with Gasteiger partial charge in [0.1, 0.15) is 11.7 Å². The van der Waals surface area contributed by atoms with Gasteiger partial charge in [0, 0.05) is 0 Å². The molecular formula is C19H27NO6. The van der Waals surface area contributed by atoms with E-state index in [-0.39, 0.29) is 19.0 Å². The van der Waals surface area contributed by atoms with Crippen LogP contribution in [0.25, 0.3) is 0 Å². The molecule has 3 atom stereocenters. The van der Waals surface area contributed by atoms with Crippen molar-refractivity contribution in [2.24, 2.45) is 0 Å². The van der Waals surface area contributed by atoms with Gasteiger partial charge in [0.25, 0.3) is 0 Å². The normalized spacial score (nSPS) is 20.2. The quantitative estimate of drug-likeness (QED) is 0.753. The van der Waals surface area contributed by atoms with Gasteiger partial charge in [-0.15, -0.1) is 0 Å². The van der Waals surface area contributed by atoms with Crippen LogP contribution in [0.15, 0.2) is 24.3 Å². The second kappa shape index (κ2) is 8.51. The van der Waals surface area contributed by atoms with E-state index in [1.807, 2.05) is 24.3 Å². The minimum atomic E-state index is -0.696. The lowest BCUT2D eigenvalue weighted by Gasteiger charge is -2.26. The maximum Gasteiger partial charge on any atom is 0.408 e. The van der Waals surface area contributed by atoms with Crippen LogP contribution in [0.3, 0.4) is 0 Å². The molecule has 7 nitrogen and oxygen atoms in total. The van der Waals surface area contributed by atoms with Gasteiger partial charge in [-0.2, -0.15) is 0 Å². The molecule has 0 aliphatic carbocycles. The Morgan fingerprint density at radius 2 is 1.92 bits per heavy atom. The number of benzene rings is 1. The molecule has 0 bridgehead atoms. The first-order valence-electron chi connectivity index (χ1n) is 8.75. The summed E-state index contributed by atoms with van der Waals surface area (Å²) in [7, 11) is 0. The zero-order valence-corrected chi connectivity index (χ0v) is 15.7. The lowest BCUT2D eigenvalue weighted by atomic mass is 9.97. The van der Waals surface area contributed by atoms with Crippen LogP contribution in [0.5, 0.6) is 0 Å². The molecule has 1 amide bonds. The smallest absolute Gasteiger partial charge is 0.408 e. The van der Waals surface area contributed by atoms with Crippen LogP contribution >= 0.6 is 0 Å². The number of aliphatic hydroxyl groups is 1. The molecule has 26 heavy (non-hydrogen) atoms. The lowest BCUT2D eigenvalue weighted by Crippen LogP contribution is -2.44. The third-order valence-electron chi connectivity index (χ3n) is 3.88. The summed E-state index contributed by atoms with van der Waals surface area (Å²) in [6.45, 7) is 7.00. The van der Waals surface area contributed by atoms with Crippen molar-refractivity contribution in [1.82, 2.24) is 5.32 Å². The number of hydrogen-bond donors (Lipinski definition) is 2. The molecule has 1 aromatic rings. The molecule has 0 saturated carbocycles. The van der Waals surface area contributed by atoms with Crippen molar-refractivity contribution >= 4 is 12.1 Å². The van der Waals surface area contributed by atoms with Crippen molar-refractivity contribution < 1.29 is 28.9 Å². The molecule has 1 heterocycles. The monoisotopic (exact) mass is 365 g/mol. The number of nitrogens with one attached hydrogen (secondary N) is 1. The van der Waals surface area contributed by atoms with Gasteiger partial charge < -0.3 is 24.6 Å². The van der Waals surface area contributed by atoms with Crippen molar-refractivity contribution in [1.29, 1.82) is 0 Å². The summed E-state index contributed by atoms with van der Waals surface area (Å²) in [6, 6.07) is 6.76. The first-order valence-corrected chi connectivity index (χ1v) is 8.75. The number of rotatable bonds is 6. The second-order valence-electron chi connectivity index (χ2n) is 7.12. The number of carbonyl (C=O) groups excluding carboxylic acids is 2. The summed E-state index contributed by atoms with van der Waals surface area (Å²) < 4.78 is 16.3. The van der Waals surface area contributed by atoms with Gasteiger partial charge in [-0.25, -0.2) is 4.79 Å². The molecule has 0 radical (unpaired) electrons. The van der Waals surface area contributed by atoms with E-state index in [2.05, 4.69) is 5.32 Å². The fourth-order valence-corrected chi connectivity index (χ4v) is 2.90. The van der Waals surface area contributed by atoms with Crippen molar-refractivity contribution in [3.63, 3.8) is 0 Å². The van der Waals surface area contributed by atoms with Gasteiger partial charge in [-0.3, -0.25) is 4.79 Å². The highest BCUT2D eigenvalue weighted by atomic mass is 16.6. The predicted molar refractivity (Wildman–Crippen MR) is 94.5 cm³/mol. The van der Waals surface area contributed by atoms with E-state index in [0.29, 0.717) is 6.61 Å². The molecule has 0 aromatic heterocycles. The van der Waals surface area contributed by atoms with Crippen LogP contribution in [0.1, 0.15) is 57.5 Å². The molecule has 1 aromatic carbocycles. The van der Waals surface area contributed by atoms with Gasteiger partial charge in [0.2, 0.25) is 0 Å². The molecular weight excluding hydrogens is 338 g/mol. The van der Waals surface area contributed by atoms with Crippen molar-refractivity contribution in [2.75, 3.05) is 13.2 Å². The Balaban J connectivity index is 2.15. The lowest BCUT2D eigenvalue weighted by molar-refractivity contribution is -0.147. The summed E-state index contributed by atoms with van der Waals surface area (Å²) in [4.78, 5) is 23.9. The van der Waals surface area contributed by atoms with E-state index < -0.39 is 29.9 Å². The van der Waals surface area contributed by atoms with Gasteiger partial charge in [0.15, 0.2) is 0 Å². The molecule has 144 valence electrons. The third kappa shape index (κ3) is 5.19. The summed E-state index contributed by atoms with van der Waals surface area (Å²) in [5, 5.41) is 12.4. The molecule has 7 heteroatoms. The Hall–Kier alpha value is -2.12. The van der Waals surface area contributed by atoms with E-state index in [9.17, 15) is 14.7 Å². The molecule has 0 spiro atoms. The Kier molecular flexibility index (Phi) is 6.61. The number of carbonyl (C=O) groups is 2. The SMILES string of the molecule is CCOC(=O)C[C@H]1OC([C@H](CO)NC(=O)OC(C)(C)C)c2ccccc21. The topological polar surface area (TPSA) is 94.1 Å².